The third kappa shape index (κ3) is 4.78. The minimum absolute atomic E-state index is 0.0175. The SMILES string of the molecule is COC(=O)C1=C(C(=O)OC)N(c2cccc(C(=O)Nc3ccc(C)c(C)c3)c2)C=CC=C1. The molecule has 2 aromatic rings. The molecule has 0 radical (unpaired) electrons. The zero-order chi connectivity index (χ0) is 23.3. The molecule has 0 saturated carbocycles. The quantitative estimate of drug-likeness (QED) is 0.718. The number of carbonyl (C=O) groups excluding carboxylic acids is 3. The second-order valence-electron chi connectivity index (χ2n) is 7.12. The Bertz CT molecular complexity index is 1160. The Morgan fingerprint density at radius 1 is 0.875 bits per heavy atom. The first-order valence-corrected chi connectivity index (χ1v) is 9.89. The van der Waals surface area contributed by atoms with Crippen molar-refractivity contribution in [3.05, 3.63) is 94.9 Å². The number of carbonyl (C=O) groups is 3. The maximum atomic E-state index is 12.9. The van der Waals surface area contributed by atoms with E-state index in [1.165, 1.54) is 25.2 Å². The summed E-state index contributed by atoms with van der Waals surface area (Å²) in [5, 5.41) is 2.88. The molecule has 0 atom stereocenters. The Morgan fingerprint density at radius 2 is 1.62 bits per heavy atom. The van der Waals surface area contributed by atoms with E-state index >= 15 is 0 Å². The highest BCUT2D eigenvalue weighted by atomic mass is 16.5. The molecule has 0 spiro atoms. The van der Waals surface area contributed by atoms with Crippen LogP contribution < -0.4 is 10.2 Å². The fourth-order valence-corrected chi connectivity index (χ4v) is 3.19. The van der Waals surface area contributed by atoms with E-state index in [1.807, 2.05) is 32.0 Å². The van der Waals surface area contributed by atoms with Crippen LogP contribution in [-0.2, 0) is 19.1 Å². The maximum absolute atomic E-state index is 12.9. The third-order valence-corrected chi connectivity index (χ3v) is 5.04. The van der Waals surface area contributed by atoms with Gasteiger partial charge in [0.25, 0.3) is 5.91 Å². The monoisotopic (exact) mass is 432 g/mol. The van der Waals surface area contributed by atoms with Gasteiger partial charge in [0.1, 0.15) is 5.70 Å². The van der Waals surface area contributed by atoms with Crippen LogP contribution in [0.4, 0.5) is 11.4 Å². The van der Waals surface area contributed by atoms with Crippen LogP contribution in [0.15, 0.2) is 78.2 Å². The molecular formula is C25H24N2O5. The molecule has 1 aliphatic rings. The van der Waals surface area contributed by atoms with Crippen molar-refractivity contribution >= 4 is 29.2 Å². The van der Waals surface area contributed by atoms with Gasteiger partial charge in [-0.1, -0.05) is 18.2 Å². The molecule has 0 aromatic heterocycles. The average molecular weight is 432 g/mol. The summed E-state index contributed by atoms with van der Waals surface area (Å²) in [6.45, 7) is 3.98. The molecule has 32 heavy (non-hydrogen) atoms. The van der Waals surface area contributed by atoms with Gasteiger partial charge in [-0.25, -0.2) is 9.59 Å². The zero-order valence-corrected chi connectivity index (χ0v) is 18.3. The topological polar surface area (TPSA) is 84.9 Å². The number of aryl methyl sites for hydroxylation is 2. The van der Waals surface area contributed by atoms with Crippen molar-refractivity contribution < 1.29 is 23.9 Å². The fourth-order valence-electron chi connectivity index (χ4n) is 3.19. The van der Waals surface area contributed by atoms with Crippen LogP contribution in [0, 0.1) is 13.8 Å². The molecule has 0 unspecified atom stereocenters. The molecule has 164 valence electrons. The Kier molecular flexibility index (Phi) is 6.90. The fraction of sp³-hybridized carbons (Fsp3) is 0.160. The molecule has 1 aliphatic heterocycles. The number of hydrogen-bond donors (Lipinski definition) is 1. The number of nitrogens with zero attached hydrogens (tertiary/aromatic N) is 1. The summed E-state index contributed by atoms with van der Waals surface area (Å²) < 4.78 is 9.73. The number of ether oxygens (including phenoxy) is 2. The van der Waals surface area contributed by atoms with Crippen LogP contribution in [0.1, 0.15) is 21.5 Å². The van der Waals surface area contributed by atoms with Crippen LogP contribution in [-0.4, -0.2) is 32.1 Å². The first-order chi connectivity index (χ1) is 15.3. The molecule has 1 heterocycles. The van der Waals surface area contributed by atoms with Gasteiger partial charge in [-0.05, 0) is 67.5 Å². The Labute approximate surface area is 186 Å². The number of nitrogens with one attached hydrogen (secondary N) is 1. The molecule has 1 amide bonds. The van der Waals surface area contributed by atoms with Gasteiger partial charge < -0.3 is 19.7 Å². The number of benzene rings is 2. The second kappa shape index (κ2) is 9.78. The Hall–Kier alpha value is -4.13. The Morgan fingerprint density at radius 3 is 2.31 bits per heavy atom. The summed E-state index contributed by atoms with van der Waals surface area (Å²) >= 11 is 0. The lowest BCUT2D eigenvalue weighted by atomic mass is 10.1. The van der Waals surface area contributed by atoms with Crippen LogP contribution in [0.5, 0.6) is 0 Å². The Balaban J connectivity index is 1.99. The predicted octanol–water partition coefficient (Wildman–Crippen LogP) is 4.05. The van der Waals surface area contributed by atoms with Crippen molar-refractivity contribution in [3.63, 3.8) is 0 Å². The minimum atomic E-state index is -0.716. The molecular weight excluding hydrogens is 408 g/mol. The standard InChI is InChI=1S/C25H24N2O5/c1-16-11-12-19(14-17(16)2)26-23(28)18-8-7-9-20(15-18)27-13-6-5-10-21(24(29)31-3)22(27)25(30)32-4/h5-15H,1-4H3,(H,26,28). The van der Waals surface area contributed by atoms with Crippen LogP contribution in [0.25, 0.3) is 0 Å². The molecule has 0 aliphatic carbocycles. The summed E-state index contributed by atoms with van der Waals surface area (Å²) in [5.41, 5.74) is 3.79. The van der Waals surface area contributed by atoms with Gasteiger partial charge in [-0.2, -0.15) is 0 Å². The van der Waals surface area contributed by atoms with Gasteiger partial charge >= 0.3 is 11.9 Å². The largest absolute Gasteiger partial charge is 0.465 e. The van der Waals surface area contributed by atoms with Gasteiger partial charge in [0.2, 0.25) is 0 Å². The highest BCUT2D eigenvalue weighted by Gasteiger charge is 2.27. The van der Waals surface area contributed by atoms with E-state index in [-0.39, 0.29) is 17.2 Å². The van der Waals surface area contributed by atoms with Crippen molar-refractivity contribution in [3.8, 4) is 0 Å². The number of anilines is 2. The van der Waals surface area contributed by atoms with Crippen molar-refractivity contribution in [2.45, 2.75) is 13.8 Å². The molecule has 3 rings (SSSR count). The van der Waals surface area contributed by atoms with Crippen molar-refractivity contribution in [2.24, 2.45) is 0 Å². The summed E-state index contributed by atoms with van der Waals surface area (Å²) in [4.78, 5) is 39.2. The molecule has 2 aromatic carbocycles. The number of allylic oxidation sites excluding steroid dienone is 2. The van der Waals surface area contributed by atoms with Crippen LogP contribution >= 0.6 is 0 Å². The van der Waals surface area contributed by atoms with Crippen molar-refractivity contribution in [1.29, 1.82) is 0 Å². The summed E-state index contributed by atoms with van der Waals surface area (Å²) in [6, 6.07) is 12.4. The molecule has 7 heteroatoms. The van der Waals surface area contributed by atoms with Crippen LogP contribution in [0.3, 0.4) is 0 Å². The van der Waals surface area contributed by atoms with Gasteiger partial charge in [0.05, 0.1) is 19.8 Å². The molecule has 0 bridgehead atoms. The van der Waals surface area contributed by atoms with E-state index in [1.54, 1.807) is 42.6 Å². The lowest BCUT2D eigenvalue weighted by Gasteiger charge is -2.23. The van der Waals surface area contributed by atoms with E-state index in [4.69, 9.17) is 9.47 Å². The molecule has 0 saturated heterocycles. The van der Waals surface area contributed by atoms with E-state index in [0.717, 1.165) is 11.1 Å². The van der Waals surface area contributed by atoms with Crippen molar-refractivity contribution in [1.82, 2.24) is 0 Å². The third-order valence-electron chi connectivity index (χ3n) is 5.04. The normalized spacial score (nSPS) is 12.9. The first kappa shape index (κ1) is 22.6. The predicted molar refractivity (Wildman–Crippen MR) is 122 cm³/mol. The van der Waals surface area contributed by atoms with Gasteiger partial charge in [-0.15, -0.1) is 0 Å². The van der Waals surface area contributed by atoms with Gasteiger partial charge in [0.15, 0.2) is 0 Å². The summed E-state index contributed by atoms with van der Waals surface area (Å²) in [7, 11) is 2.46. The van der Waals surface area contributed by atoms with E-state index in [0.29, 0.717) is 16.9 Å². The lowest BCUT2D eigenvalue weighted by Crippen LogP contribution is -2.27. The van der Waals surface area contributed by atoms with Crippen LogP contribution in [0.2, 0.25) is 0 Å². The number of amides is 1. The lowest BCUT2D eigenvalue weighted by molar-refractivity contribution is -0.139. The first-order valence-electron chi connectivity index (χ1n) is 9.89. The van der Waals surface area contributed by atoms with E-state index in [2.05, 4.69) is 5.32 Å². The zero-order valence-electron chi connectivity index (χ0n) is 18.3. The van der Waals surface area contributed by atoms with Crippen molar-refractivity contribution in [2.75, 3.05) is 24.4 Å². The number of hydrogen-bond acceptors (Lipinski definition) is 6. The smallest absolute Gasteiger partial charge is 0.355 e. The number of rotatable bonds is 5. The van der Waals surface area contributed by atoms with E-state index < -0.39 is 11.9 Å². The molecule has 7 nitrogen and oxygen atoms in total. The second-order valence-corrected chi connectivity index (χ2v) is 7.12. The average Bonchev–Trinajstić information content (AvgIpc) is 3.03. The molecule has 1 N–H and O–H groups in total. The highest BCUT2D eigenvalue weighted by molar-refractivity contribution is 6.07. The minimum Gasteiger partial charge on any atom is -0.465 e. The number of esters is 2. The van der Waals surface area contributed by atoms with E-state index in [9.17, 15) is 14.4 Å². The maximum Gasteiger partial charge on any atom is 0.355 e. The summed E-state index contributed by atoms with van der Waals surface area (Å²) in [5.74, 6) is -1.70. The van der Waals surface area contributed by atoms with Gasteiger partial charge in [-0.3, -0.25) is 4.79 Å². The molecule has 0 fully saturated rings. The summed E-state index contributed by atoms with van der Waals surface area (Å²) in [6.07, 6.45) is 6.37. The number of methoxy groups -OCH3 is 2. The van der Waals surface area contributed by atoms with Gasteiger partial charge in [0, 0.05) is 23.1 Å². The highest BCUT2D eigenvalue weighted by Crippen LogP contribution is 2.27.